The molecule has 0 unspecified atom stereocenters. The molecule has 2 N–H and O–H groups in total. The van der Waals surface area contributed by atoms with Gasteiger partial charge in [0, 0.05) is 16.1 Å². The highest BCUT2D eigenvalue weighted by atomic mass is 35.5. The Kier molecular flexibility index (Phi) is 5.48. The van der Waals surface area contributed by atoms with E-state index in [1.165, 1.54) is 22.5 Å². The molecule has 1 aliphatic carbocycles. The van der Waals surface area contributed by atoms with Crippen LogP contribution in [0, 0.1) is 0 Å². The number of rotatable bonds is 5. The molecule has 0 amide bonds. The molecule has 0 aliphatic heterocycles. The van der Waals surface area contributed by atoms with Crippen molar-refractivity contribution in [3.05, 3.63) is 28.2 Å². The zero-order valence-corrected chi connectivity index (χ0v) is 14.4. The molecule has 0 spiro atoms. The van der Waals surface area contributed by atoms with Gasteiger partial charge in [0.2, 0.25) is 10.0 Å². The molecule has 1 aromatic rings. The van der Waals surface area contributed by atoms with Crippen LogP contribution in [0.15, 0.2) is 23.1 Å². The Balaban J connectivity index is 2.42. The summed E-state index contributed by atoms with van der Waals surface area (Å²) in [5.74, 6) is 0. The highest BCUT2D eigenvalue weighted by Gasteiger charge is 2.33. The second kappa shape index (κ2) is 6.79. The minimum absolute atomic E-state index is 0.0342. The topological polar surface area (TPSA) is 63.4 Å². The maximum Gasteiger partial charge on any atom is 0.243 e. The molecule has 0 heterocycles. The van der Waals surface area contributed by atoms with Crippen molar-refractivity contribution in [2.24, 2.45) is 5.73 Å². The van der Waals surface area contributed by atoms with Gasteiger partial charge in [-0.2, -0.15) is 4.31 Å². The van der Waals surface area contributed by atoms with E-state index in [4.69, 9.17) is 41.2 Å². The van der Waals surface area contributed by atoms with Crippen LogP contribution in [0.1, 0.15) is 25.7 Å². The Morgan fingerprint density at radius 3 is 2.24 bits per heavy atom. The van der Waals surface area contributed by atoms with Crippen LogP contribution in [0.25, 0.3) is 0 Å². The monoisotopic (exact) mass is 366 g/mol. The number of hydrogen-bond donors (Lipinski definition) is 1. The summed E-state index contributed by atoms with van der Waals surface area (Å²) in [6.07, 6.45) is 3.64. The molecule has 0 atom stereocenters. The maximum atomic E-state index is 12.9. The minimum atomic E-state index is -3.73. The van der Waals surface area contributed by atoms with E-state index in [0.29, 0.717) is 0 Å². The van der Waals surface area contributed by atoms with Gasteiger partial charge in [-0.15, -0.1) is 0 Å². The van der Waals surface area contributed by atoms with Crippen LogP contribution in [0.3, 0.4) is 0 Å². The van der Waals surface area contributed by atoms with E-state index in [2.05, 4.69) is 0 Å². The Hall–Kier alpha value is -0.400. The summed E-state index contributed by atoms with van der Waals surface area (Å²) in [6.45, 7) is 0.0342. The third kappa shape index (κ3) is 4.07. The summed E-state index contributed by atoms with van der Waals surface area (Å²) in [5, 5.41) is 0.561. The van der Waals surface area contributed by atoms with Gasteiger partial charge in [-0.25, -0.2) is 8.42 Å². The Labute approximate surface area is 140 Å². The number of nitrogens with zero attached hydrogens (tertiary/aromatic N) is 1. The van der Waals surface area contributed by atoms with E-state index in [0.717, 1.165) is 25.7 Å². The van der Waals surface area contributed by atoms with Gasteiger partial charge >= 0.3 is 0 Å². The first-order valence-corrected chi connectivity index (χ1v) is 9.17. The molecule has 1 saturated carbocycles. The van der Waals surface area contributed by atoms with E-state index in [-0.39, 0.29) is 32.5 Å². The molecule has 0 aromatic heterocycles. The second-order valence-corrected chi connectivity index (χ2v) is 8.35. The van der Waals surface area contributed by atoms with Crippen LogP contribution in [0.4, 0.5) is 0 Å². The normalized spacial score (nSPS) is 16.5. The van der Waals surface area contributed by atoms with Gasteiger partial charge < -0.3 is 5.73 Å². The Morgan fingerprint density at radius 2 is 1.76 bits per heavy atom. The molecule has 0 saturated heterocycles. The molecule has 4 nitrogen and oxygen atoms in total. The van der Waals surface area contributed by atoms with Gasteiger partial charge in [-0.05, 0) is 31.0 Å². The number of hydrogen-bond acceptors (Lipinski definition) is 3. The van der Waals surface area contributed by atoms with Crippen molar-refractivity contribution < 1.29 is 8.42 Å². The largest absolute Gasteiger partial charge is 0.392 e. The average Bonchev–Trinajstić information content (AvgIpc) is 2.87. The number of benzene rings is 1. The first-order chi connectivity index (χ1) is 9.80. The first-order valence-electron chi connectivity index (χ1n) is 6.57. The van der Waals surface area contributed by atoms with E-state index in [9.17, 15) is 8.42 Å². The van der Waals surface area contributed by atoms with E-state index >= 15 is 0 Å². The molecule has 1 aromatic carbocycles. The molecule has 0 bridgehead atoms. The van der Waals surface area contributed by atoms with Gasteiger partial charge in [-0.1, -0.05) is 48.3 Å². The maximum absolute atomic E-state index is 12.9. The van der Waals surface area contributed by atoms with Gasteiger partial charge in [0.05, 0.1) is 16.4 Å². The lowest BCUT2D eigenvalue weighted by molar-refractivity contribution is 0.355. The van der Waals surface area contributed by atoms with Crippen LogP contribution in [-0.4, -0.2) is 30.3 Å². The molecule has 0 radical (unpaired) electrons. The van der Waals surface area contributed by atoms with Crippen molar-refractivity contribution in [1.29, 1.82) is 0 Å². The summed E-state index contributed by atoms with van der Waals surface area (Å²) in [5.41, 5.74) is 5.57. The predicted octanol–water partition coefficient (Wildman–Crippen LogP) is 3.21. The van der Waals surface area contributed by atoms with Crippen LogP contribution in [0.5, 0.6) is 0 Å². The van der Waals surface area contributed by atoms with Crippen LogP contribution < -0.4 is 5.73 Å². The van der Waals surface area contributed by atoms with Gasteiger partial charge in [0.1, 0.15) is 0 Å². The zero-order chi connectivity index (χ0) is 15.6. The fourth-order valence-corrected chi connectivity index (χ4v) is 5.18. The number of thiocarbonyl (C=S) groups is 1. The van der Waals surface area contributed by atoms with Crippen molar-refractivity contribution in [2.75, 3.05) is 6.54 Å². The molecular weight excluding hydrogens is 351 g/mol. The van der Waals surface area contributed by atoms with Gasteiger partial charge in [0.25, 0.3) is 0 Å². The van der Waals surface area contributed by atoms with Crippen molar-refractivity contribution in [2.45, 2.75) is 36.6 Å². The van der Waals surface area contributed by atoms with E-state index in [1.54, 1.807) is 0 Å². The minimum Gasteiger partial charge on any atom is -0.392 e. The van der Waals surface area contributed by atoms with Crippen molar-refractivity contribution >= 4 is 50.4 Å². The van der Waals surface area contributed by atoms with Gasteiger partial charge in [0.15, 0.2) is 0 Å². The number of halogens is 2. The SMILES string of the molecule is NC(=S)CN(C1CCCC1)S(=O)(=O)c1cc(Cl)cc(Cl)c1. The standard InChI is InChI=1S/C13H16Cl2N2O2S2/c14-9-5-10(15)7-12(6-9)21(18,19)17(8-13(16)20)11-3-1-2-4-11/h5-7,11H,1-4,8H2,(H2,16,20). The molecule has 1 fully saturated rings. The first kappa shape index (κ1) is 17.0. The fourth-order valence-electron chi connectivity index (χ4n) is 2.57. The smallest absolute Gasteiger partial charge is 0.243 e. The van der Waals surface area contributed by atoms with E-state index < -0.39 is 10.0 Å². The zero-order valence-electron chi connectivity index (χ0n) is 11.3. The van der Waals surface area contributed by atoms with E-state index in [1.807, 2.05) is 0 Å². The Morgan fingerprint density at radius 1 is 1.24 bits per heavy atom. The van der Waals surface area contributed by atoms with Gasteiger partial charge in [-0.3, -0.25) is 0 Å². The lowest BCUT2D eigenvalue weighted by Crippen LogP contribution is -2.43. The lowest BCUT2D eigenvalue weighted by atomic mass is 10.2. The van der Waals surface area contributed by atoms with Crippen molar-refractivity contribution in [3.8, 4) is 0 Å². The highest BCUT2D eigenvalue weighted by molar-refractivity contribution is 7.89. The van der Waals surface area contributed by atoms with Crippen LogP contribution >= 0.6 is 35.4 Å². The fraction of sp³-hybridized carbons (Fsp3) is 0.462. The summed E-state index contributed by atoms with van der Waals surface area (Å²) < 4.78 is 27.1. The molecular formula is C13H16Cl2N2O2S2. The van der Waals surface area contributed by atoms with Crippen molar-refractivity contribution in [3.63, 3.8) is 0 Å². The number of sulfonamides is 1. The van der Waals surface area contributed by atoms with Crippen LogP contribution in [-0.2, 0) is 10.0 Å². The lowest BCUT2D eigenvalue weighted by Gasteiger charge is -2.27. The van der Waals surface area contributed by atoms with Crippen molar-refractivity contribution in [1.82, 2.24) is 4.31 Å². The molecule has 116 valence electrons. The summed E-state index contributed by atoms with van der Waals surface area (Å²) >= 11 is 16.7. The Bertz CT molecular complexity index is 623. The third-order valence-electron chi connectivity index (χ3n) is 3.49. The summed E-state index contributed by atoms with van der Waals surface area (Å²) in [7, 11) is -3.73. The second-order valence-electron chi connectivity index (χ2n) is 5.06. The average molecular weight is 367 g/mol. The quantitative estimate of drug-likeness (QED) is 0.812. The summed E-state index contributed by atoms with van der Waals surface area (Å²) in [4.78, 5) is 0.224. The predicted molar refractivity (Wildman–Crippen MR) is 89.4 cm³/mol. The highest BCUT2D eigenvalue weighted by Crippen LogP contribution is 2.30. The molecule has 1 aliphatic rings. The third-order valence-corrected chi connectivity index (χ3v) is 5.93. The molecule has 21 heavy (non-hydrogen) atoms. The number of nitrogens with two attached hydrogens (primary N) is 1. The molecule has 8 heteroatoms. The summed E-state index contributed by atoms with van der Waals surface area (Å²) in [6, 6.07) is 4.21. The molecule has 2 rings (SSSR count). The van der Waals surface area contributed by atoms with Crippen LogP contribution in [0.2, 0.25) is 10.0 Å².